The molecule has 0 aromatic heterocycles. The predicted molar refractivity (Wildman–Crippen MR) is 171 cm³/mol. The SMILES string of the molecule is CC(C)(C)[Si](C[C@@H]1C[C@](CO)(c2ccccc2)C[C@H](/C=C\c2ccccc2)O1)(c1ccccc1)c1ccccc1. The van der Waals surface area contributed by atoms with E-state index in [1.165, 1.54) is 15.9 Å². The summed E-state index contributed by atoms with van der Waals surface area (Å²) < 4.78 is 7.02. The number of hydrogen-bond donors (Lipinski definition) is 1. The van der Waals surface area contributed by atoms with Gasteiger partial charge in [-0.2, -0.15) is 0 Å². The molecule has 1 heterocycles. The fraction of sp³-hybridized carbons (Fsp3) is 0.297. The van der Waals surface area contributed by atoms with E-state index in [1.54, 1.807) is 0 Å². The van der Waals surface area contributed by atoms with E-state index in [0.717, 1.165) is 24.4 Å². The molecule has 1 N–H and O–H groups in total. The van der Waals surface area contributed by atoms with Crippen LogP contribution < -0.4 is 10.4 Å². The quantitative estimate of drug-likeness (QED) is 0.236. The fourth-order valence-corrected chi connectivity index (χ4v) is 12.5. The lowest BCUT2D eigenvalue weighted by molar-refractivity contribution is -0.0619. The summed E-state index contributed by atoms with van der Waals surface area (Å²) in [5, 5.41) is 14.0. The molecule has 0 unspecified atom stereocenters. The monoisotopic (exact) mass is 546 g/mol. The minimum atomic E-state index is -2.36. The van der Waals surface area contributed by atoms with Gasteiger partial charge in [0.15, 0.2) is 0 Å². The van der Waals surface area contributed by atoms with Crippen molar-refractivity contribution in [2.45, 2.75) is 62.3 Å². The zero-order chi connectivity index (χ0) is 28.1. The van der Waals surface area contributed by atoms with Gasteiger partial charge in [0, 0.05) is 5.41 Å². The number of hydrogen-bond acceptors (Lipinski definition) is 2. The number of rotatable bonds is 8. The van der Waals surface area contributed by atoms with Gasteiger partial charge in [-0.25, -0.2) is 0 Å². The normalized spacial score (nSPS) is 21.9. The van der Waals surface area contributed by atoms with Crippen molar-refractivity contribution in [3.8, 4) is 0 Å². The van der Waals surface area contributed by atoms with E-state index in [0.29, 0.717) is 0 Å². The zero-order valence-electron chi connectivity index (χ0n) is 24.0. The summed E-state index contributed by atoms with van der Waals surface area (Å²) in [4.78, 5) is 0. The van der Waals surface area contributed by atoms with Crippen molar-refractivity contribution < 1.29 is 9.84 Å². The Bertz CT molecular complexity index is 1320. The summed E-state index contributed by atoms with van der Waals surface area (Å²) in [6.45, 7) is 7.33. The lowest BCUT2D eigenvalue weighted by Gasteiger charge is -2.50. The van der Waals surface area contributed by atoms with Gasteiger partial charge >= 0.3 is 0 Å². The van der Waals surface area contributed by atoms with Crippen molar-refractivity contribution in [3.63, 3.8) is 0 Å². The van der Waals surface area contributed by atoms with Crippen molar-refractivity contribution >= 4 is 24.5 Å². The second-order valence-corrected chi connectivity index (χ2v) is 17.2. The van der Waals surface area contributed by atoms with Crippen LogP contribution in [0.2, 0.25) is 11.1 Å². The molecule has 0 radical (unpaired) electrons. The molecule has 1 saturated heterocycles. The van der Waals surface area contributed by atoms with E-state index in [4.69, 9.17) is 4.74 Å². The third kappa shape index (κ3) is 5.78. The lowest BCUT2D eigenvalue weighted by Crippen LogP contribution is -2.66. The Morgan fingerprint density at radius 3 is 1.75 bits per heavy atom. The van der Waals surface area contributed by atoms with E-state index >= 15 is 0 Å². The number of aliphatic hydroxyl groups is 1. The zero-order valence-corrected chi connectivity index (χ0v) is 25.0. The summed E-state index contributed by atoms with van der Waals surface area (Å²) in [6, 6.07) is 44.2. The number of aliphatic hydroxyl groups excluding tert-OH is 1. The molecule has 0 aliphatic carbocycles. The van der Waals surface area contributed by atoms with Crippen molar-refractivity contribution in [3.05, 3.63) is 139 Å². The van der Waals surface area contributed by atoms with E-state index in [1.807, 2.05) is 6.07 Å². The first-order valence-electron chi connectivity index (χ1n) is 14.5. The summed E-state index contributed by atoms with van der Waals surface area (Å²) in [7, 11) is -2.36. The van der Waals surface area contributed by atoms with Gasteiger partial charge in [0.1, 0.15) is 8.07 Å². The summed E-state index contributed by atoms with van der Waals surface area (Å²) in [5.41, 5.74) is 2.00. The van der Waals surface area contributed by atoms with Crippen LogP contribution >= 0.6 is 0 Å². The molecule has 40 heavy (non-hydrogen) atoms. The molecule has 1 fully saturated rings. The minimum absolute atomic E-state index is 0.00201. The van der Waals surface area contributed by atoms with Crippen molar-refractivity contribution in [1.82, 2.24) is 0 Å². The molecule has 3 atom stereocenters. The Kier molecular flexibility index (Phi) is 8.56. The second-order valence-electron chi connectivity index (χ2n) is 12.4. The highest BCUT2D eigenvalue weighted by Gasteiger charge is 2.51. The molecule has 2 nitrogen and oxygen atoms in total. The third-order valence-electron chi connectivity index (χ3n) is 8.92. The standard InChI is InChI=1S/C37H42O2Si/c1-36(2,3)40(34-20-12-6-13-21-34,35-22-14-7-15-23-35)28-33-27-37(29-38,31-18-10-5-11-19-31)26-32(39-33)25-24-30-16-8-4-9-17-30/h4-25,32-33,38H,26-29H2,1-3H3/b25-24-/t32-,33-,37+/m0/s1. The molecular weight excluding hydrogens is 504 g/mol. The van der Waals surface area contributed by atoms with Crippen LogP contribution in [-0.2, 0) is 10.2 Å². The minimum Gasteiger partial charge on any atom is -0.395 e. The van der Waals surface area contributed by atoms with Gasteiger partial charge in [-0.05, 0) is 35.1 Å². The second kappa shape index (κ2) is 12.1. The summed E-state index contributed by atoms with van der Waals surface area (Å²) >= 11 is 0. The first-order chi connectivity index (χ1) is 19.4. The molecule has 4 aromatic carbocycles. The molecule has 3 heteroatoms. The number of ether oxygens (including phenoxy) is 1. The maximum Gasteiger partial charge on any atom is 0.125 e. The molecule has 0 bridgehead atoms. The highest BCUT2D eigenvalue weighted by Crippen LogP contribution is 2.46. The van der Waals surface area contributed by atoms with Gasteiger partial charge in [0.25, 0.3) is 0 Å². The molecule has 206 valence electrons. The van der Waals surface area contributed by atoms with Gasteiger partial charge in [0.05, 0.1) is 18.8 Å². The Morgan fingerprint density at radius 2 is 1.25 bits per heavy atom. The molecular formula is C37H42O2Si. The smallest absolute Gasteiger partial charge is 0.125 e. The van der Waals surface area contributed by atoms with Crippen molar-refractivity contribution in [1.29, 1.82) is 0 Å². The van der Waals surface area contributed by atoms with Crippen LogP contribution in [0.4, 0.5) is 0 Å². The topological polar surface area (TPSA) is 29.5 Å². The Labute approximate surface area is 241 Å². The first-order valence-corrected chi connectivity index (χ1v) is 16.7. The van der Waals surface area contributed by atoms with Gasteiger partial charge in [-0.1, -0.05) is 165 Å². The first kappa shape index (κ1) is 28.3. The molecule has 4 aromatic rings. The highest BCUT2D eigenvalue weighted by molar-refractivity contribution is 7.04. The molecule has 0 saturated carbocycles. The van der Waals surface area contributed by atoms with Crippen LogP contribution in [0, 0.1) is 0 Å². The van der Waals surface area contributed by atoms with E-state index < -0.39 is 8.07 Å². The van der Waals surface area contributed by atoms with Gasteiger partial charge < -0.3 is 9.84 Å². The van der Waals surface area contributed by atoms with Crippen LogP contribution in [0.5, 0.6) is 0 Å². The predicted octanol–water partition coefficient (Wildman–Crippen LogP) is 7.24. The Balaban J connectivity index is 1.60. The van der Waals surface area contributed by atoms with Gasteiger partial charge in [0.2, 0.25) is 0 Å². The number of benzene rings is 4. The average molecular weight is 547 g/mol. The molecule has 0 amide bonds. The van der Waals surface area contributed by atoms with Crippen LogP contribution in [0.25, 0.3) is 6.08 Å². The van der Waals surface area contributed by atoms with Gasteiger partial charge in [-0.3, -0.25) is 0 Å². The molecule has 5 rings (SSSR count). The summed E-state index contributed by atoms with van der Waals surface area (Å²) in [5.74, 6) is 0. The van der Waals surface area contributed by atoms with Crippen molar-refractivity contribution in [2.75, 3.05) is 6.61 Å². The maximum atomic E-state index is 11.0. The largest absolute Gasteiger partial charge is 0.395 e. The molecule has 1 aliphatic heterocycles. The van der Waals surface area contributed by atoms with Crippen LogP contribution in [0.1, 0.15) is 44.7 Å². The average Bonchev–Trinajstić information content (AvgIpc) is 3.00. The van der Waals surface area contributed by atoms with E-state index in [9.17, 15) is 5.11 Å². The lowest BCUT2D eigenvalue weighted by atomic mass is 9.71. The van der Waals surface area contributed by atoms with Crippen LogP contribution in [0.3, 0.4) is 0 Å². The van der Waals surface area contributed by atoms with Crippen molar-refractivity contribution in [2.24, 2.45) is 0 Å². The van der Waals surface area contributed by atoms with E-state index in [-0.39, 0.29) is 29.3 Å². The van der Waals surface area contributed by atoms with Gasteiger partial charge in [-0.15, -0.1) is 0 Å². The fourth-order valence-electron chi connectivity index (χ4n) is 6.87. The Morgan fingerprint density at radius 1 is 0.750 bits per heavy atom. The van der Waals surface area contributed by atoms with Crippen LogP contribution in [-0.4, -0.2) is 32.0 Å². The Hall–Kier alpha value is -3.24. The third-order valence-corrected chi connectivity index (χ3v) is 15.2. The molecule has 0 spiro atoms. The molecule has 1 aliphatic rings. The maximum absolute atomic E-state index is 11.0. The highest BCUT2D eigenvalue weighted by atomic mass is 28.3. The summed E-state index contributed by atoms with van der Waals surface area (Å²) in [6.07, 6.45) is 5.84. The van der Waals surface area contributed by atoms with Crippen LogP contribution in [0.15, 0.2) is 127 Å². The van der Waals surface area contributed by atoms with E-state index in [2.05, 4.69) is 148 Å².